The lowest BCUT2D eigenvalue weighted by Gasteiger charge is -2.38. The van der Waals surface area contributed by atoms with Gasteiger partial charge in [0, 0.05) is 25.7 Å². The van der Waals surface area contributed by atoms with Crippen LogP contribution in [0.15, 0.2) is 12.4 Å². The molecule has 0 radical (unpaired) electrons. The van der Waals surface area contributed by atoms with E-state index in [4.69, 9.17) is 15.0 Å². The summed E-state index contributed by atoms with van der Waals surface area (Å²) in [5.41, 5.74) is 1.82. The van der Waals surface area contributed by atoms with Crippen molar-refractivity contribution in [3.8, 4) is 6.07 Å². The van der Waals surface area contributed by atoms with Crippen molar-refractivity contribution in [2.75, 3.05) is 24.6 Å². The molecule has 0 bridgehead atoms. The summed E-state index contributed by atoms with van der Waals surface area (Å²) in [5.74, 6) is 0. The number of nitrogens with zero attached hydrogens (tertiary/aromatic N) is 5. The van der Waals surface area contributed by atoms with E-state index in [2.05, 4.69) is 16.1 Å². The number of aromatic nitrogens is 3. The first-order valence-corrected chi connectivity index (χ1v) is 7.40. The topological polar surface area (TPSA) is 67.0 Å². The molecule has 102 valence electrons. The molecular weight excluding hydrogens is 274 g/mol. The Bertz CT molecular complexity index is 656. The highest BCUT2D eigenvalue weighted by Crippen LogP contribution is 2.34. The van der Waals surface area contributed by atoms with Crippen LogP contribution < -0.4 is 4.90 Å². The van der Waals surface area contributed by atoms with Crippen molar-refractivity contribution in [3.05, 3.63) is 28.5 Å². The summed E-state index contributed by atoms with van der Waals surface area (Å²) in [7, 11) is 0. The number of hydrogen-bond donors (Lipinski definition) is 0. The smallest absolute Gasteiger partial charge is 0.186 e. The van der Waals surface area contributed by atoms with Crippen LogP contribution >= 0.6 is 11.3 Å². The normalized spacial score (nSPS) is 18.4. The maximum atomic E-state index is 8.81. The zero-order valence-corrected chi connectivity index (χ0v) is 11.6. The molecular formula is C13H13N5OS. The Labute approximate surface area is 120 Å². The minimum absolute atomic E-state index is 0.342. The van der Waals surface area contributed by atoms with Gasteiger partial charge >= 0.3 is 0 Å². The molecule has 4 rings (SSSR count). The SMILES string of the molecule is N#Cc1cnn(C2CN(c3nc4c(s3)COCC4)C2)c1. The van der Waals surface area contributed by atoms with E-state index >= 15 is 0 Å². The lowest BCUT2D eigenvalue weighted by atomic mass is 10.1. The van der Waals surface area contributed by atoms with Crippen molar-refractivity contribution < 1.29 is 4.74 Å². The molecule has 6 nitrogen and oxygen atoms in total. The molecule has 4 heterocycles. The molecule has 2 aromatic rings. The number of anilines is 1. The third-order valence-corrected chi connectivity index (χ3v) is 4.85. The van der Waals surface area contributed by atoms with Crippen LogP contribution in [-0.4, -0.2) is 34.5 Å². The number of hydrogen-bond acceptors (Lipinski definition) is 6. The Morgan fingerprint density at radius 3 is 3.10 bits per heavy atom. The van der Waals surface area contributed by atoms with Crippen LogP contribution in [0, 0.1) is 11.3 Å². The molecule has 7 heteroatoms. The molecule has 1 saturated heterocycles. The highest BCUT2D eigenvalue weighted by Gasteiger charge is 2.32. The van der Waals surface area contributed by atoms with Crippen molar-refractivity contribution in [2.24, 2.45) is 0 Å². The fourth-order valence-corrected chi connectivity index (χ4v) is 3.58. The summed E-state index contributed by atoms with van der Waals surface area (Å²) in [6.07, 6.45) is 4.35. The second kappa shape index (κ2) is 4.58. The van der Waals surface area contributed by atoms with E-state index in [1.54, 1.807) is 17.5 Å². The largest absolute Gasteiger partial charge is 0.375 e. The fourth-order valence-electron chi connectivity index (χ4n) is 2.52. The monoisotopic (exact) mass is 287 g/mol. The van der Waals surface area contributed by atoms with Gasteiger partial charge in [0.25, 0.3) is 0 Å². The van der Waals surface area contributed by atoms with E-state index in [0.29, 0.717) is 18.2 Å². The first-order valence-electron chi connectivity index (χ1n) is 6.59. The van der Waals surface area contributed by atoms with Crippen molar-refractivity contribution in [3.63, 3.8) is 0 Å². The summed E-state index contributed by atoms with van der Waals surface area (Å²) < 4.78 is 7.33. The van der Waals surface area contributed by atoms with Gasteiger partial charge < -0.3 is 9.64 Å². The van der Waals surface area contributed by atoms with Gasteiger partial charge in [-0.25, -0.2) is 4.98 Å². The van der Waals surface area contributed by atoms with E-state index in [1.165, 1.54) is 10.6 Å². The maximum absolute atomic E-state index is 8.81. The highest BCUT2D eigenvalue weighted by molar-refractivity contribution is 7.15. The third-order valence-electron chi connectivity index (χ3n) is 3.72. The zero-order chi connectivity index (χ0) is 13.5. The van der Waals surface area contributed by atoms with Gasteiger partial charge in [-0.3, -0.25) is 4.68 Å². The van der Waals surface area contributed by atoms with Gasteiger partial charge in [-0.2, -0.15) is 10.4 Å². The van der Waals surface area contributed by atoms with Gasteiger partial charge in [0.1, 0.15) is 6.07 Å². The molecule has 0 unspecified atom stereocenters. The summed E-state index contributed by atoms with van der Waals surface area (Å²) >= 11 is 1.73. The van der Waals surface area contributed by atoms with Crippen LogP contribution in [0.2, 0.25) is 0 Å². The Hall–Kier alpha value is -1.91. The quantitative estimate of drug-likeness (QED) is 0.834. The molecule has 0 spiro atoms. The lowest BCUT2D eigenvalue weighted by Crippen LogP contribution is -2.48. The van der Waals surface area contributed by atoms with Crippen LogP contribution in [0.4, 0.5) is 5.13 Å². The van der Waals surface area contributed by atoms with Crippen LogP contribution in [0.25, 0.3) is 0 Å². The van der Waals surface area contributed by atoms with Crippen LogP contribution in [0.1, 0.15) is 22.2 Å². The molecule has 20 heavy (non-hydrogen) atoms. The minimum atomic E-state index is 0.342. The number of fused-ring (bicyclic) bond motifs is 1. The molecule has 2 aliphatic heterocycles. The molecule has 0 N–H and O–H groups in total. The first-order chi connectivity index (χ1) is 9.83. The average molecular weight is 287 g/mol. The van der Waals surface area contributed by atoms with Crippen LogP contribution in [0.5, 0.6) is 0 Å². The summed E-state index contributed by atoms with van der Waals surface area (Å²) in [6, 6.07) is 2.45. The first kappa shape index (κ1) is 11.9. The average Bonchev–Trinajstić information content (AvgIpc) is 3.03. The van der Waals surface area contributed by atoms with Gasteiger partial charge in [0.2, 0.25) is 0 Å². The van der Waals surface area contributed by atoms with E-state index in [1.807, 2.05) is 10.9 Å². The molecule has 0 aliphatic carbocycles. The number of ether oxygens (including phenoxy) is 1. The van der Waals surface area contributed by atoms with E-state index in [0.717, 1.165) is 31.2 Å². The van der Waals surface area contributed by atoms with Crippen molar-refractivity contribution in [2.45, 2.75) is 19.1 Å². The van der Waals surface area contributed by atoms with Crippen LogP contribution in [-0.2, 0) is 17.8 Å². The van der Waals surface area contributed by atoms with Crippen molar-refractivity contribution in [1.29, 1.82) is 5.26 Å². The predicted molar refractivity (Wildman–Crippen MR) is 73.7 cm³/mol. The number of thiazole rings is 1. The van der Waals surface area contributed by atoms with Crippen molar-refractivity contribution in [1.82, 2.24) is 14.8 Å². The zero-order valence-electron chi connectivity index (χ0n) is 10.8. The molecule has 2 aromatic heterocycles. The van der Waals surface area contributed by atoms with Crippen molar-refractivity contribution >= 4 is 16.5 Å². The Morgan fingerprint density at radius 2 is 2.35 bits per heavy atom. The molecule has 2 aliphatic rings. The fraction of sp³-hybridized carbons (Fsp3) is 0.462. The lowest BCUT2D eigenvalue weighted by molar-refractivity contribution is 0.112. The molecule has 0 atom stereocenters. The molecule has 0 amide bonds. The summed E-state index contributed by atoms with van der Waals surface area (Å²) in [5, 5.41) is 14.1. The molecule has 0 aromatic carbocycles. The standard InChI is InChI=1S/C13H13N5OS/c14-3-9-4-15-18(5-9)10-6-17(7-10)13-16-11-1-2-19-8-12(11)20-13/h4-5,10H,1-2,6-8H2. The predicted octanol–water partition coefficient (Wildman–Crippen LogP) is 1.35. The van der Waals surface area contributed by atoms with Gasteiger partial charge in [-0.15, -0.1) is 0 Å². The van der Waals surface area contributed by atoms with E-state index in [-0.39, 0.29) is 0 Å². The molecule has 0 saturated carbocycles. The second-order valence-corrected chi connectivity index (χ2v) is 6.11. The summed E-state index contributed by atoms with van der Waals surface area (Å²) in [6.45, 7) is 3.29. The third kappa shape index (κ3) is 1.88. The Kier molecular flexibility index (Phi) is 2.72. The Morgan fingerprint density at radius 1 is 1.45 bits per heavy atom. The van der Waals surface area contributed by atoms with Gasteiger partial charge in [-0.05, 0) is 0 Å². The van der Waals surface area contributed by atoms with Gasteiger partial charge in [0.05, 0.1) is 41.6 Å². The second-order valence-electron chi connectivity index (χ2n) is 5.05. The number of rotatable bonds is 2. The maximum Gasteiger partial charge on any atom is 0.186 e. The summed E-state index contributed by atoms with van der Waals surface area (Å²) in [4.78, 5) is 8.23. The van der Waals surface area contributed by atoms with E-state index < -0.39 is 0 Å². The van der Waals surface area contributed by atoms with Gasteiger partial charge in [0.15, 0.2) is 5.13 Å². The number of nitriles is 1. The highest BCUT2D eigenvalue weighted by atomic mass is 32.1. The minimum Gasteiger partial charge on any atom is -0.375 e. The molecule has 1 fully saturated rings. The van der Waals surface area contributed by atoms with E-state index in [9.17, 15) is 0 Å². The van der Waals surface area contributed by atoms with Crippen LogP contribution in [0.3, 0.4) is 0 Å². The van der Waals surface area contributed by atoms with Gasteiger partial charge in [-0.1, -0.05) is 11.3 Å². The Balaban J connectivity index is 1.45.